The average Bonchev–Trinajstić information content (AvgIpc) is 2.24. The Bertz CT molecular complexity index is 442. The Hall–Kier alpha value is -0.0600. The third kappa shape index (κ3) is 5.89. The van der Waals surface area contributed by atoms with Crippen LogP contribution in [0.2, 0.25) is 5.02 Å². The third-order valence-electron chi connectivity index (χ3n) is 2.60. The quantitative estimate of drug-likeness (QED) is 0.741. The van der Waals surface area contributed by atoms with E-state index in [9.17, 15) is 8.42 Å². The van der Waals surface area contributed by atoms with Crippen LogP contribution in [0.1, 0.15) is 24.3 Å². The first-order valence-corrected chi connectivity index (χ1v) is 8.97. The SMILES string of the molecule is CS(=O)(=O)CCCC(CBr)c1ccc(Cl)cc1. The number of benzene rings is 1. The van der Waals surface area contributed by atoms with E-state index in [4.69, 9.17) is 11.6 Å². The molecule has 0 radical (unpaired) electrons. The second kappa shape index (κ2) is 6.76. The van der Waals surface area contributed by atoms with Gasteiger partial charge in [-0.15, -0.1) is 0 Å². The normalized spacial score (nSPS) is 13.6. The van der Waals surface area contributed by atoms with Gasteiger partial charge in [0.2, 0.25) is 0 Å². The molecule has 0 amide bonds. The van der Waals surface area contributed by atoms with Crippen LogP contribution in [0.25, 0.3) is 0 Å². The van der Waals surface area contributed by atoms with Gasteiger partial charge < -0.3 is 0 Å². The second-order valence-corrected chi connectivity index (χ2v) is 7.52. The van der Waals surface area contributed by atoms with Crippen LogP contribution in [0.5, 0.6) is 0 Å². The summed E-state index contributed by atoms with van der Waals surface area (Å²) in [6.45, 7) is 0. The van der Waals surface area contributed by atoms with Crippen molar-refractivity contribution in [2.45, 2.75) is 18.8 Å². The van der Waals surface area contributed by atoms with Crippen LogP contribution >= 0.6 is 27.5 Å². The summed E-state index contributed by atoms with van der Waals surface area (Å²) in [5.41, 5.74) is 1.19. The predicted molar refractivity (Wildman–Crippen MR) is 76.9 cm³/mol. The summed E-state index contributed by atoms with van der Waals surface area (Å²) in [6.07, 6.45) is 2.83. The van der Waals surface area contributed by atoms with Gasteiger partial charge in [-0.1, -0.05) is 39.7 Å². The van der Waals surface area contributed by atoms with E-state index >= 15 is 0 Å². The lowest BCUT2D eigenvalue weighted by molar-refractivity contribution is 0.592. The van der Waals surface area contributed by atoms with Crippen LogP contribution < -0.4 is 0 Å². The molecule has 1 unspecified atom stereocenters. The Balaban J connectivity index is 2.57. The van der Waals surface area contributed by atoms with Crippen LogP contribution in [0.4, 0.5) is 0 Å². The summed E-state index contributed by atoms with van der Waals surface area (Å²) in [6, 6.07) is 7.72. The highest BCUT2D eigenvalue weighted by Gasteiger charge is 2.11. The van der Waals surface area contributed by atoms with Gasteiger partial charge in [0.05, 0.1) is 0 Å². The van der Waals surface area contributed by atoms with Crippen LogP contribution in [-0.2, 0) is 9.84 Å². The van der Waals surface area contributed by atoms with Crippen molar-refractivity contribution in [1.82, 2.24) is 0 Å². The lowest BCUT2D eigenvalue weighted by Gasteiger charge is -2.14. The molecular weight excluding hydrogens is 324 g/mol. The summed E-state index contributed by atoms with van der Waals surface area (Å²) >= 11 is 9.30. The largest absolute Gasteiger partial charge is 0.229 e. The molecule has 0 heterocycles. The molecule has 0 aliphatic heterocycles. The minimum atomic E-state index is -2.85. The van der Waals surface area contributed by atoms with Crippen LogP contribution in [0.15, 0.2) is 24.3 Å². The van der Waals surface area contributed by atoms with E-state index in [2.05, 4.69) is 15.9 Å². The maximum atomic E-state index is 11.1. The van der Waals surface area contributed by atoms with Crippen molar-refractivity contribution in [1.29, 1.82) is 0 Å². The molecule has 1 atom stereocenters. The Morgan fingerprint density at radius 2 is 1.88 bits per heavy atom. The Morgan fingerprint density at radius 1 is 1.29 bits per heavy atom. The molecule has 0 aliphatic rings. The van der Waals surface area contributed by atoms with E-state index in [1.807, 2.05) is 24.3 Å². The molecule has 0 aliphatic carbocycles. The topological polar surface area (TPSA) is 34.1 Å². The lowest BCUT2D eigenvalue weighted by Crippen LogP contribution is -2.07. The molecule has 5 heteroatoms. The zero-order valence-corrected chi connectivity index (χ0v) is 12.9. The van der Waals surface area contributed by atoms with Crippen molar-refractivity contribution >= 4 is 37.4 Å². The van der Waals surface area contributed by atoms with Crippen LogP contribution in [0, 0.1) is 0 Å². The van der Waals surface area contributed by atoms with Crippen molar-refractivity contribution in [3.8, 4) is 0 Å². The fraction of sp³-hybridized carbons (Fsp3) is 0.500. The van der Waals surface area contributed by atoms with Crippen molar-refractivity contribution in [2.24, 2.45) is 0 Å². The van der Waals surface area contributed by atoms with Crippen LogP contribution in [-0.4, -0.2) is 25.8 Å². The Kier molecular flexibility index (Phi) is 5.97. The lowest BCUT2D eigenvalue weighted by atomic mass is 9.97. The Labute approximate surface area is 116 Å². The maximum Gasteiger partial charge on any atom is 0.147 e. The highest BCUT2D eigenvalue weighted by atomic mass is 79.9. The summed E-state index contributed by atoms with van der Waals surface area (Å²) < 4.78 is 22.1. The number of sulfone groups is 1. The molecule has 0 spiro atoms. The van der Waals surface area contributed by atoms with E-state index in [-0.39, 0.29) is 5.75 Å². The minimum Gasteiger partial charge on any atom is -0.229 e. The summed E-state index contributed by atoms with van der Waals surface area (Å²) in [4.78, 5) is 0. The van der Waals surface area contributed by atoms with Crippen molar-refractivity contribution < 1.29 is 8.42 Å². The standard InChI is InChI=1S/C12H16BrClO2S/c1-17(15,16)8-2-3-11(9-13)10-4-6-12(14)7-5-10/h4-7,11H,2-3,8-9H2,1H3. The van der Waals surface area contributed by atoms with Gasteiger partial charge in [0, 0.05) is 22.4 Å². The zero-order chi connectivity index (χ0) is 12.9. The maximum absolute atomic E-state index is 11.1. The summed E-state index contributed by atoms with van der Waals surface area (Å²) in [5, 5.41) is 1.55. The van der Waals surface area contributed by atoms with Crippen molar-refractivity contribution in [3.05, 3.63) is 34.9 Å². The number of hydrogen-bond donors (Lipinski definition) is 0. The first kappa shape index (κ1) is 15.0. The highest BCUT2D eigenvalue weighted by Crippen LogP contribution is 2.25. The van der Waals surface area contributed by atoms with E-state index in [1.165, 1.54) is 11.8 Å². The molecule has 0 saturated heterocycles. The summed E-state index contributed by atoms with van der Waals surface area (Å²) in [7, 11) is -2.85. The van der Waals surface area contributed by atoms with Gasteiger partial charge in [-0.05, 0) is 36.5 Å². The third-order valence-corrected chi connectivity index (χ3v) is 4.66. The van der Waals surface area contributed by atoms with Gasteiger partial charge in [0.15, 0.2) is 0 Å². The number of halogens is 2. The van der Waals surface area contributed by atoms with E-state index in [0.29, 0.717) is 12.3 Å². The van der Waals surface area contributed by atoms with Crippen molar-refractivity contribution in [3.63, 3.8) is 0 Å². The molecule has 0 fully saturated rings. The molecule has 1 rings (SSSR count). The van der Waals surface area contributed by atoms with E-state index in [0.717, 1.165) is 16.8 Å². The molecule has 96 valence electrons. The molecule has 17 heavy (non-hydrogen) atoms. The van der Waals surface area contributed by atoms with Gasteiger partial charge in [0.1, 0.15) is 9.84 Å². The molecule has 0 aromatic heterocycles. The van der Waals surface area contributed by atoms with Gasteiger partial charge in [-0.2, -0.15) is 0 Å². The Morgan fingerprint density at radius 3 is 2.35 bits per heavy atom. The van der Waals surface area contributed by atoms with Gasteiger partial charge >= 0.3 is 0 Å². The molecule has 0 N–H and O–H groups in total. The smallest absolute Gasteiger partial charge is 0.147 e. The molecule has 0 bridgehead atoms. The highest BCUT2D eigenvalue weighted by molar-refractivity contribution is 9.09. The molecule has 2 nitrogen and oxygen atoms in total. The average molecular weight is 340 g/mol. The first-order valence-electron chi connectivity index (χ1n) is 5.41. The minimum absolute atomic E-state index is 0.254. The molecule has 1 aromatic carbocycles. The van der Waals surface area contributed by atoms with E-state index in [1.54, 1.807) is 0 Å². The van der Waals surface area contributed by atoms with Gasteiger partial charge in [-0.25, -0.2) is 8.42 Å². The number of hydrogen-bond acceptors (Lipinski definition) is 2. The monoisotopic (exact) mass is 338 g/mol. The number of alkyl halides is 1. The van der Waals surface area contributed by atoms with Gasteiger partial charge in [0.25, 0.3) is 0 Å². The van der Waals surface area contributed by atoms with E-state index < -0.39 is 9.84 Å². The first-order chi connectivity index (χ1) is 7.92. The van der Waals surface area contributed by atoms with Crippen LogP contribution in [0.3, 0.4) is 0 Å². The zero-order valence-electron chi connectivity index (χ0n) is 9.70. The fourth-order valence-corrected chi connectivity index (χ4v) is 3.17. The molecule has 1 aromatic rings. The predicted octanol–water partition coefficient (Wildman–Crippen LogP) is 3.64. The van der Waals surface area contributed by atoms with Gasteiger partial charge in [-0.3, -0.25) is 0 Å². The molecule has 0 saturated carbocycles. The van der Waals surface area contributed by atoms with Crippen molar-refractivity contribution in [2.75, 3.05) is 17.3 Å². The summed E-state index contributed by atoms with van der Waals surface area (Å²) in [5.74, 6) is 0.596. The second-order valence-electron chi connectivity index (χ2n) is 4.17. The fourth-order valence-electron chi connectivity index (χ4n) is 1.66. The molecular formula is C12H16BrClO2S. The number of rotatable bonds is 6.